The Hall–Kier alpha value is -3.96. The maximum atomic E-state index is 6.01. The summed E-state index contributed by atoms with van der Waals surface area (Å²) in [4.78, 5) is 0. The van der Waals surface area contributed by atoms with Gasteiger partial charge in [0.05, 0.1) is 10.2 Å². The van der Waals surface area contributed by atoms with Crippen LogP contribution in [0.25, 0.3) is 21.9 Å². The summed E-state index contributed by atoms with van der Waals surface area (Å²) in [6, 6.07) is 18.1. The topological polar surface area (TPSA) is 64.3 Å². The molecule has 5 heteroatoms. The Balaban J connectivity index is 0.000000131. The molecule has 4 nitrogen and oxygen atoms in total. The summed E-state index contributed by atoms with van der Waals surface area (Å²) in [5.41, 5.74) is 26.1. The number of nitrogen functional groups attached to an aromatic ring is 1. The van der Waals surface area contributed by atoms with Crippen LogP contribution in [0.1, 0.15) is 135 Å². The fraction of sp³-hybridized carbons (Fsp3) is 0.440. The van der Waals surface area contributed by atoms with Gasteiger partial charge in [-0.1, -0.05) is 63.1 Å². The van der Waals surface area contributed by atoms with Crippen molar-refractivity contribution in [3.8, 4) is 0 Å². The van der Waals surface area contributed by atoms with E-state index in [-0.39, 0.29) is 0 Å². The lowest BCUT2D eigenvalue weighted by Crippen LogP contribution is -2.44. The number of fused-ring (bicyclic) bond motifs is 6. The summed E-state index contributed by atoms with van der Waals surface area (Å²) < 4.78 is 12.7. The van der Waals surface area contributed by atoms with Crippen molar-refractivity contribution in [1.82, 2.24) is 0 Å². The van der Waals surface area contributed by atoms with Gasteiger partial charge in [0, 0.05) is 22.1 Å². The third kappa shape index (κ3) is 6.43. The molecule has 2 fully saturated rings. The number of halogens is 1. The standard InChI is InChI=1S/C25H29NO.C16H17BrO.C9H13N/c1-15-10-16(2)23(17(3)11-15)26-21-14-27-22-13-20-19(12-18(21)22)24(4)6-8-25(20,5)9-7-24;1-15-3-5-16(2,6-4-15)12-8-14-10(7-11(12)15)13(17)9-18-14;1-6-4-7(2)9(10)8(3)5-6/h10-14,26H,6-9H2,1-5H3;7-9H,3-6H2,1-2H3;4-5H,10H2,1-3H3. The molecule has 6 aliphatic rings. The number of hydrogen-bond donors (Lipinski definition) is 2. The lowest BCUT2D eigenvalue weighted by Gasteiger charge is -2.52. The predicted molar refractivity (Wildman–Crippen MR) is 235 cm³/mol. The second-order valence-corrected chi connectivity index (χ2v) is 19.8. The van der Waals surface area contributed by atoms with E-state index in [4.69, 9.17) is 14.6 Å². The molecule has 3 N–H and O–H groups in total. The third-order valence-corrected chi connectivity index (χ3v) is 15.2. The second-order valence-electron chi connectivity index (χ2n) is 19.0. The van der Waals surface area contributed by atoms with E-state index in [9.17, 15) is 0 Å². The van der Waals surface area contributed by atoms with E-state index < -0.39 is 0 Å². The minimum absolute atomic E-state index is 0.325. The van der Waals surface area contributed by atoms with Crippen molar-refractivity contribution >= 4 is 54.9 Å². The summed E-state index contributed by atoms with van der Waals surface area (Å²) in [7, 11) is 0. The summed E-state index contributed by atoms with van der Waals surface area (Å²) in [6.45, 7) is 22.4. The molecular formula is C50H59BrN2O2. The van der Waals surface area contributed by atoms with Crippen LogP contribution in [0, 0.1) is 41.5 Å². The van der Waals surface area contributed by atoms with Crippen LogP contribution in [0.4, 0.5) is 17.1 Å². The van der Waals surface area contributed by atoms with Crippen molar-refractivity contribution in [1.29, 1.82) is 0 Å². The molecule has 12 rings (SSSR count). The lowest BCUT2D eigenvalue weighted by atomic mass is 9.52. The fourth-order valence-corrected chi connectivity index (χ4v) is 11.1. The number of hydrogen-bond acceptors (Lipinski definition) is 4. The highest BCUT2D eigenvalue weighted by molar-refractivity contribution is 9.10. The molecule has 0 atom stereocenters. The molecule has 4 bridgehead atoms. The molecule has 0 amide bonds. The zero-order valence-corrected chi connectivity index (χ0v) is 36.3. The molecule has 0 radical (unpaired) electrons. The molecule has 0 spiro atoms. The SMILES string of the molecule is CC12CCC(C)(CC1)c1cc3c(Br)coc3cc12.Cc1cc(C)c(N)c(C)c1.Cc1cc(C)c(Nc2coc3cc4c(cc23)C2(C)CCC4(C)CC2)c(C)c1. The van der Waals surface area contributed by atoms with Gasteiger partial charge in [-0.25, -0.2) is 0 Å². The van der Waals surface area contributed by atoms with Crippen LogP contribution in [0.2, 0.25) is 0 Å². The van der Waals surface area contributed by atoms with Gasteiger partial charge in [0.15, 0.2) is 0 Å². The summed E-state index contributed by atoms with van der Waals surface area (Å²) >= 11 is 3.59. The fourth-order valence-electron chi connectivity index (χ4n) is 10.7. The Bertz CT molecular complexity index is 2420. The molecule has 2 saturated carbocycles. The van der Waals surface area contributed by atoms with Gasteiger partial charge in [0.25, 0.3) is 0 Å². The Morgan fingerprint density at radius 3 is 1.33 bits per heavy atom. The van der Waals surface area contributed by atoms with Gasteiger partial charge in [-0.15, -0.1) is 0 Å². The molecule has 288 valence electrons. The highest BCUT2D eigenvalue weighted by Gasteiger charge is 2.49. The van der Waals surface area contributed by atoms with Crippen molar-refractivity contribution in [3.05, 3.63) is 121 Å². The lowest BCUT2D eigenvalue weighted by molar-refractivity contribution is 0.188. The van der Waals surface area contributed by atoms with Crippen LogP contribution in [-0.4, -0.2) is 0 Å². The highest BCUT2D eigenvalue weighted by Crippen LogP contribution is 2.58. The molecule has 2 heterocycles. The molecule has 0 aliphatic heterocycles. The van der Waals surface area contributed by atoms with Crippen LogP contribution in [0.5, 0.6) is 0 Å². The van der Waals surface area contributed by atoms with E-state index in [1.165, 1.54) is 112 Å². The van der Waals surface area contributed by atoms with Crippen LogP contribution in [0.3, 0.4) is 0 Å². The van der Waals surface area contributed by atoms with E-state index in [2.05, 4.69) is 125 Å². The number of rotatable bonds is 2. The molecule has 6 aliphatic carbocycles. The maximum Gasteiger partial charge on any atom is 0.136 e. The molecular weight excluding hydrogens is 740 g/mol. The van der Waals surface area contributed by atoms with Gasteiger partial charge in [0.2, 0.25) is 0 Å². The van der Waals surface area contributed by atoms with Crippen LogP contribution in [-0.2, 0) is 21.7 Å². The zero-order chi connectivity index (χ0) is 39.2. The van der Waals surface area contributed by atoms with Gasteiger partial charge in [-0.3, -0.25) is 0 Å². The number of aryl methyl sites for hydroxylation is 6. The number of benzene rings is 4. The molecule has 0 saturated heterocycles. The number of nitrogens with two attached hydrogens (primary N) is 1. The summed E-state index contributed by atoms with van der Waals surface area (Å²) in [6.07, 6.45) is 14.2. The quantitative estimate of drug-likeness (QED) is 0.171. The van der Waals surface area contributed by atoms with E-state index in [1.807, 2.05) is 26.4 Å². The Labute approximate surface area is 336 Å². The normalized spacial score (nSPS) is 25.9. The average molecular weight is 800 g/mol. The molecule has 6 aromatic rings. The second kappa shape index (κ2) is 13.3. The van der Waals surface area contributed by atoms with E-state index in [0.29, 0.717) is 21.7 Å². The number of furan rings is 2. The molecule has 2 aromatic heterocycles. The largest absolute Gasteiger partial charge is 0.463 e. The van der Waals surface area contributed by atoms with Crippen molar-refractivity contribution in [3.63, 3.8) is 0 Å². The first-order valence-corrected chi connectivity index (χ1v) is 21.2. The van der Waals surface area contributed by atoms with Crippen LogP contribution >= 0.6 is 15.9 Å². The van der Waals surface area contributed by atoms with Crippen molar-refractivity contribution in [2.24, 2.45) is 0 Å². The summed E-state index contributed by atoms with van der Waals surface area (Å²) in [5.74, 6) is 0. The van der Waals surface area contributed by atoms with Gasteiger partial charge in [0.1, 0.15) is 23.7 Å². The average Bonchev–Trinajstić information content (AvgIpc) is 3.72. The Kier molecular flexibility index (Phi) is 9.19. The Morgan fingerprint density at radius 2 is 0.873 bits per heavy atom. The van der Waals surface area contributed by atoms with E-state index >= 15 is 0 Å². The first kappa shape index (κ1) is 37.9. The maximum absolute atomic E-state index is 6.01. The zero-order valence-electron chi connectivity index (χ0n) is 34.7. The van der Waals surface area contributed by atoms with Gasteiger partial charge >= 0.3 is 0 Å². The van der Waals surface area contributed by atoms with E-state index in [0.717, 1.165) is 27.0 Å². The first-order valence-electron chi connectivity index (χ1n) is 20.4. The van der Waals surface area contributed by atoms with Gasteiger partial charge in [-0.05, 0) is 199 Å². The van der Waals surface area contributed by atoms with Crippen molar-refractivity contribution in [2.75, 3.05) is 11.1 Å². The number of nitrogens with one attached hydrogen (secondary N) is 1. The van der Waals surface area contributed by atoms with Crippen molar-refractivity contribution in [2.45, 2.75) is 142 Å². The highest BCUT2D eigenvalue weighted by atomic mass is 79.9. The summed E-state index contributed by atoms with van der Waals surface area (Å²) in [5, 5.41) is 6.11. The third-order valence-electron chi connectivity index (χ3n) is 14.6. The molecule has 55 heavy (non-hydrogen) atoms. The van der Waals surface area contributed by atoms with Gasteiger partial charge in [-0.2, -0.15) is 0 Å². The smallest absolute Gasteiger partial charge is 0.136 e. The van der Waals surface area contributed by atoms with E-state index in [1.54, 1.807) is 11.1 Å². The predicted octanol–water partition coefficient (Wildman–Crippen LogP) is 14.7. The first-order chi connectivity index (χ1) is 25.9. The minimum atomic E-state index is 0.325. The van der Waals surface area contributed by atoms with Crippen LogP contribution in [0.15, 0.2) is 74.4 Å². The monoisotopic (exact) mass is 798 g/mol. The van der Waals surface area contributed by atoms with Crippen LogP contribution < -0.4 is 11.1 Å². The Morgan fingerprint density at radius 1 is 0.509 bits per heavy atom. The molecule has 0 unspecified atom stereocenters. The minimum Gasteiger partial charge on any atom is -0.463 e. The molecule has 4 aromatic carbocycles. The van der Waals surface area contributed by atoms with Crippen molar-refractivity contribution < 1.29 is 8.83 Å². The van der Waals surface area contributed by atoms with Gasteiger partial charge < -0.3 is 19.9 Å². The number of anilines is 3.